The molecule has 2 unspecified atom stereocenters. The summed E-state index contributed by atoms with van der Waals surface area (Å²) < 4.78 is 24.6. The van der Waals surface area contributed by atoms with E-state index in [-0.39, 0.29) is 12.2 Å². The van der Waals surface area contributed by atoms with E-state index in [4.69, 9.17) is 36.3 Å². The number of pyridine rings is 2. The molecule has 2 aromatic carbocycles. The molecule has 2 aliphatic rings. The van der Waals surface area contributed by atoms with Gasteiger partial charge in [0.05, 0.1) is 37.8 Å². The van der Waals surface area contributed by atoms with Gasteiger partial charge in [-0.3, -0.25) is 9.97 Å². The molecule has 6 rings (SSSR count). The van der Waals surface area contributed by atoms with Crippen LogP contribution in [0.4, 0.5) is 17.1 Å². The van der Waals surface area contributed by atoms with Gasteiger partial charge in [0.15, 0.2) is 0 Å². The number of ether oxygens (including phenoxy) is 4. The van der Waals surface area contributed by atoms with Crippen LogP contribution in [0.1, 0.15) is 12.8 Å². The van der Waals surface area contributed by atoms with Gasteiger partial charge in [-0.25, -0.2) is 0 Å². The number of nitrogens with two attached hydrogens (primary N) is 1. The Bertz CT molecular complexity index is 1340. The number of benzene rings is 2. The third-order valence-electron chi connectivity index (χ3n) is 5.88. The highest BCUT2D eigenvalue weighted by atomic mass is 127. The van der Waals surface area contributed by atoms with Gasteiger partial charge in [0.2, 0.25) is 0 Å². The van der Waals surface area contributed by atoms with Crippen molar-refractivity contribution in [2.75, 3.05) is 37.5 Å². The van der Waals surface area contributed by atoms with E-state index in [1.165, 1.54) is 0 Å². The van der Waals surface area contributed by atoms with E-state index in [0.29, 0.717) is 18.9 Å². The average molecular weight is 801 g/mol. The van der Waals surface area contributed by atoms with Crippen molar-refractivity contribution in [3.05, 3.63) is 97.6 Å². The lowest BCUT2D eigenvalue weighted by atomic mass is 10.2. The highest BCUT2D eigenvalue weighted by molar-refractivity contribution is 14.1. The number of aromatic nitrogens is 2. The summed E-state index contributed by atoms with van der Waals surface area (Å²) >= 11 is 10.0. The summed E-state index contributed by atoms with van der Waals surface area (Å²) in [5, 5.41) is 4.11. The van der Waals surface area contributed by atoms with Crippen LogP contribution in [-0.4, -0.2) is 48.6 Å². The zero-order chi connectivity index (χ0) is 28.9. The summed E-state index contributed by atoms with van der Waals surface area (Å²) in [4.78, 5) is 7.78. The molecule has 2 saturated heterocycles. The van der Waals surface area contributed by atoms with E-state index in [0.717, 1.165) is 61.1 Å². The Labute approximate surface area is 272 Å². The summed E-state index contributed by atoms with van der Waals surface area (Å²) in [5.41, 5.74) is 8.49. The van der Waals surface area contributed by atoms with Crippen molar-refractivity contribution in [2.45, 2.75) is 25.0 Å². The van der Waals surface area contributed by atoms with Crippen molar-refractivity contribution in [2.24, 2.45) is 0 Å². The van der Waals surface area contributed by atoms with Gasteiger partial charge < -0.3 is 30.0 Å². The molecule has 0 radical (unpaired) electrons. The number of halogens is 3. The second kappa shape index (κ2) is 16.9. The van der Waals surface area contributed by atoms with E-state index in [9.17, 15) is 0 Å². The highest BCUT2D eigenvalue weighted by Crippen LogP contribution is 2.31. The zero-order valence-corrected chi connectivity index (χ0v) is 27.3. The molecule has 3 N–H and O–H groups in total. The van der Waals surface area contributed by atoms with Crippen LogP contribution < -0.4 is 20.5 Å². The monoisotopic (exact) mass is 800 g/mol. The first-order valence-corrected chi connectivity index (χ1v) is 15.6. The van der Waals surface area contributed by atoms with Gasteiger partial charge in [-0.1, -0.05) is 11.6 Å². The Balaban J connectivity index is 0.000000159. The maximum Gasteiger partial charge on any atom is 0.143 e. The van der Waals surface area contributed by atoms with Crippen molar-refractivity contribution < 1.29 is 18.9 Å². The van der Waals surface area contributed by atoms with Crippen LogP contribution in [-0.2, 0) is 9.47 Å². The molecule has 8 nitrogen and oxygen atoms in total. The molecule has 2 atom stereocenters. The molecule has 2 fully saturated rings. The Morgan fingerprint density at radius 1 is 0.756 bits per heavy atom. The fourth-order valence-electron chi connectivity index (χ4n) is 3.82. The lowest BCUT2D eigenvalue weighted by Crippen LogP contribution is -2.16. The summed E-state index contributed by atoms with van der Waals surface area (Å²) in [6.45, 7) is 2.91. The molecule has 4 heterocycles. The molecular weight excluding hydrogens is 770 g/mol. The summed E-state index contributed by atoms with van der Waals surface area (Å²) in [6.07, 6.45) is 9.05. The third kappa shape index (κ3) is 11.1. The standard InChI is InChI=1S/C15H15IN2O2.C10H12INO2.C5H4ClN/c16-11-1-2-15(20-13-5-8-19-10-13)14(9-11)18-12-3-6-17-7-4-12;11-7-1-2-10(9(12)5-7)14-8-3-4-13-6-8;6-5-1-3-7-4-2-5/h1-4,6-7,9,13H,5,8,10H2,(H,17,18);1-2,5,8H,3-4,6,12H2;1-4H. The fourth-order valence-corrected chi connectivity index (χ4v) is 4.94. The first kappa shape index (κ1) is 31.5. The molecule has 0 aliphatic carbocycles. The minimum absolute atomic E-state index is 0.146. The van der Waals surface area contributed by atoms with Gasteiger partial charge >= 0.3 is 0 Å². The van der Waals surface area contributed by atoms with Crippen molar-refractivity contribution in [1.29, 1.82) is 0 Å². The molecule has 216 valence electrons. The Kier molecular flexibility index (Phi) is 13.0. The number of nitrogens with zero attached hydrogens (tertiary/aromatic N) is 2. The lowest BCUT2D eigenvalue weighted by Gasteiger charge is -2.17. The number of hydrogen-bond acceptors (Lipinski definition) is 8. The van der Waals surface area contributed by atoms with Gasteiger partial charge in [-0.05, 0) is 106 Å². The quantitative estimate of drug-likeness (QED) is 0.154. The van der Waals surface area contributed by atoms with Gasteiger partial charge in [0.1, 0.15) is 23.7 Å². The summed E-state index contributed by atoms with van der Waals surface area (Å²) in [5.74, 6) is 1.62. The number of nitrogen functional groups attached to an aromatic ring is 1. The number of nitrogens with one attached hydrogen (secondary N) is 1. The van der Waals surface area contributed by atoms with E-state index < -0.39 is 0 Å². The predicted octanol–water partition coefficient (Wildman–Crippen LogP) is 7.37. The third-order valence-corrected chi connectivity index (χ3v) is 7.47. The van der Waals surface area contributed by atoms with Crippen LogP contribution in [0.5, 0.6) is 11.5 Å². The molecule has 0 bridgehead atoms. The predicted molar refractivity (Wildman–Crippen MR) is 179 cm³/mol. The number of anilines is 3. The molecule has 41 heavy (non-hydrogen) atoms. The molecule has 0 saturated carbocycles. The van der Waals surface area contributed by atoms with Gasteiger partial charge in [0, 0.05) is 55.5 Å². The highest BCUT2D eigenvalue weighted by Gasteiger charge is 2.19. The van der Waals surface area contributed by atoms with Crippen molar-refractivity contribution in [3.63, 3.8) is 0 Å². The minimum Gasteiger partial charge on any atom is -0.486 e. The first-order valence-electron chi connectivity index (χ1n) is 13.0. The largest absolute Gasteiger partial charge is 0.486 e. The van der Waals surface area contributed by atoms with Crippen LogP contribution in [0.15, 0.2) is 85.5 Å². The lowest BCUT2D eigenvalue weighted by molar-refractivity contribution is 0.142. The molecule has 11 heteroatoms. The van der Waals surface area contributed by atoms with Gasteiger partial charge in [-0.2, -0.15) is 0 Å². The zero-order valence-electron chi connectivity index (χ0n) is 22.2. The van der Waals surface area contributed by atoms with E-state index in [1.807, 2.05) is 42.5 Å². The molecule has 0 spiro atoms. The normalized spacial score (nSPS) is 17.4. The van der Waals surface area contributed by atoms with E-state index in [1.54, 1.807) is 36.9 Å². The van der Waals surface area contributed by atoms with Crippen molar-refractivity contribution in [1.82, 2.24) is 9.97 Å². The second-order valence-corrected chi connectivity index (χ2v) is 12.0. The van der Waals surface area contributed by atoms with Crippen LogP contribution in [0, 0.1) is 7.14 Å². The maximum absolute atomic E-state index is 6.03. The Hall–Kier alpha value is -2.39. The fraction of sp³-hybridized carbons (Fsp3) is 0.267. The molecule has 2 aliphatic heterocycles. The average Bonchev–Trinajstić information content (AvgIpc) is 3.68. The summed E-state index contributed by atoms with van der Waals surface area (Å²) in [6, 6.07) is 19.3. The topological polar surface area (TPSA) is 101 Å². The SMILES string of the molecule is Clc1ccncc1.Ic1ccc(OC2CCOC2)c(Nc2ccncc2)c1.Nc1cc(I)ccc1OC1CCOC1. The number of rotatable bonds is 6. The van der Waals surface area contributed by atoms with Gasteiger partial charge in [0.25, 0.3) is 0 Å². The van der Waals surface area contributed by atoms with Crippen molar-refractivity contribution in [3.8, 4) is 11.5 Å². The van der Waals surface area contributed by atoms with Crippen LogP contribution in [0.3, 0.4) is 0 Å². The van der Waals surface area contributed by atoms with Crippen molar-refractivity contribution >= 4 is 73.8 Å². The van der Waals surface area contributed by atoms with Gasteiger partial charge in [-0.15, -0.1) is 0 Å². The van der Waals surface area contributed by atoms with Crippen LogP contribution >= 0.6 is 56.8 Å². The first-order chi connectivity index (χ1) is 20.0. The van der Waals surface area contributed by atoms with Crippen LogP contribution in [0.25, 0.3) is 0 Å². The van der Waals surface area contributed by atoms with E-state index >= 15 is 0 Å². The second-order valence-electron chi connectivity index (χ2n) is 9.06. The van der Waals surface area contributed by atoms with E-state index in [2.05, 4.69) is 66.5 Å². The minimum atomic E-state index is 0.146. The molecule has 0 amide bonds. The maximum atomic E-state index is 6.03. The molecule has 4 aromatic rings. The number of hydrogen-bond donors (Lipinski definition) is 2. The summed E-state index contributed by atoms with van der Waals surface area (Å²) in [7, 11) is 0. The Morgan fingerprint density at radius 2 is 1.29 bits per heavy atom. The van der Waals surface area contributed by atoms with Crippen LogP contribution in [0.2, 0.25) is 5.02 Å². The Morgan fingerprint density at radius 3 is 1.80 bits per heavy atom. The molecule has 2 aromatic heterocycles. The molecular formula is C30H31ClI2N4O4. The smallest absolute Gasteiger partial charge is 0.143 e.